The number of benzene rings is 2. The van der Waals surface area contributed by atoms with Gasteiger partial charge in [0.15, 0.2) is 0 Å². The molecule has 0 unspecified atom stereocenters. The minimum absolute atomic E-state index is 0.0722. The predicted octanol–water partition coefficient (Wildman–Crippen LogP) is 4.70. The monoisotopic (exact) mass is 485 g/mol. The number of rotatable bonds is 7. The molecule has 1 aliphatic rings. The molecule has 3 aromatic rings. The third-order valence-corrected chi connectivity index (χ3v) is 7.97. The Morgan fingerprint density at radius 2 is 1.64 bits per heavy atom. The molecule has 1 aromatic heterocycles. The second-order valence-electron chi connectivity index (χ2n) is 7.99. The van der Waals surface area contributed by atoms with Crippen molar-refractivity contribution < 1.29 is 17.9 Å². The van der Waals surface area contributed by atoms with Crippen molar-refractivity contribution in [1.29, 1.82) is 0 Å². The van der Waals surface area contributed by atoms with Crippen LogP contribution < -0.4 is 4.72 Å². The molecular formula is C24H27N3O4S2. The first-order valence-corrected chi connectivity index (χ1v) is 13.0. The molecule has 0 amide bonds. The SMILES string of the molecule is COC1(c2cccc(Sc3ccc(S(=O)(=O)Nc4nc(C)cc(C)n4)cc3)c2)CCOCC1. The summed E-state index contributed by atoms with van der Waals surface area (Å²) in [7, 11) is -2.03. The molecule has 1 saturated heterocycles. The summed E-state index contributed by atoms with van der Waals surface area (Å²) in [6.45, 7) is 4.96. The summed E-state index contributed by atoms with van der Waals surface area (Å²) in [5, 5.41) is 0. The maximum atomic E-state index is 12.8. The molecule has 2 aromatic carbocycles. The van der Waals surface area contributed by atoms with Crippen LogP contribution in [0.1, 0.15) is 29.8 Å². The second-order valence-corrected chi connectivity index (χ2v) is 10.8. The van der Waals surface area contributed by atoms with Gasteiger partial charge in [-0.2, -0.15) is 0 Å². The van der Waals surface area contributed by atoms with Crippen molar-refractivity contribution in [2.45, 2.75) is 47.0 Å². The highest BCUT2D eigenvalue weighted by Gasteiger charge is 2.34. The van der Waals surface area contributed by atoms with Gasteiger partial charge in [-0.05, 0) is 61.9 Å². The lowest BCUT2D eigenvalue weighted by Crippen LogP contribution is -2.35. The first-order chi connectivity index (χ1) is 15.8. The molecule has 9 heteroatoms. The van der Waals surface area contributed by atoms with Gasteiger partial charge < -0.3 is 9.47 Å². The van der Waals surface area contributed by atoms with Crippen molar-refractivity contribution in [2.75, 3.05) is 25.0 Å². The maximum absolute atomic E-state index is 12.8. The van der Waals surface area contributed by atoms with E-state index in [4.69, 9.17) is 9.47 Å². The number of aryl methyl sites for hydroxylation is 2. The number of hydrogen-bond donors (Lipinski definition) is 1. The average molecular weight is 486 g/mol. The fourth-order valence-corrected chi connectivity index (χ4v) is 5.75. The van der Waals surface area contributed by atoms with Gasteiger partial charge in [-0.25, -0.2) is 23.1 Å². The van der Waals surface area contributed by atoms with Gasteiger partial charge in [-0.3, -0.25) is 0 Å². The second kappa shape index (κ2) is 9.80. The van der Waals surface area contributed by atoms with Crippen molar-refractivity contribution >= 4 is 27.7 Å². The minimum atomic E-state index is -3.78. The molecular weight excluding hydrogens is 458 g/mol. The Morgan fingerprint density at radius 3 is 2.27 bits per heavy atom. The zero-order valence-corrected chi connectivity index (χ0v) is 20.5. The third kappa shape index (κ3) is 5.55. The van der Waals surface area contributed by atoms with E-state index in [2.05, 4.69) is 26.8 Å². The molecule has 1 fully saturated rings. The summed E-state index contributed by atoms with van der Waals surface area (Å²) >= 11 is 1.58. The molecule has 1 N–H and O–H groups in total. The van der Waals surface area contributed by atoms with Gasteiger partial charge in [0, 0.05) is 54.3 Å². The molecule has 0 spiro atoms. The lowest BCUT2D eigenvalue weighted by atomic mass is 9.86. The smallest absolute Gasteiger partial charge is 0.264 e. The largest absolute Gasteiger partial charge is 0.381 e. The maximum Gasteiger partial charge on any atom is 0.264 e. The fourth-order valence-electron chi connectivity index (χ4n) is 3.93. The van der Waals surface area contributed by atoms with Crippen molar-refractivity contribution in [3.05, 3.63) is 71.5 Å². The number of sulfonamides is 1. The van der Waals surface area contributed by atoms with E-state index in [0.29, 0.717) is 24.6 Å². The normalized spacial score (nSPS) is 15.8. The Morgan fingerprint density at radius 1 is 0.970 bits per heavy atom. The quantitative estimate of drug-likeness (QED) is 0.519. The molecule has 7 nitrogen and oxygen atoms in total. The molecule has 0 radical (unpaired) electrons. The van der Waals surface area contributed by atoms with Gasteiger partial charge in [0.1, 0.15) is 0 Å². The van der Waals surface area contributed by atoms with Crippen LogP contribution in [0.2, 0.25) is 0 Å². The highest BCUT2D eigenvalue weighted by Crippen LogP contribution is 2.38. The number of hydrogen-bond acceptors (Lipinski definition) is 7. The third-order valence-electron chi connectivity index (χ3n) is 5.63. The number of methoxy groups -OCH3 is 1. The Kier molecular flexibility index (Phi) is 7.04. The van der Waals surface area contributed by atoms with Crippen molar-refractivity contribution in [2.24, 2.45) is 0 Å². The molecule has 0 aliphatic carbocycles. The molecule has 0 atom stereocenters. The summed E-state index contributed by atoms with van der Waals surface area (Å²) in [4.78, 5) is 10.5. The van der Waals surface area contributed by atoms with Gasteiger partial charge >= 0.3 is 0 Å². The van der Waals surface area contributed by atoms with Crippen LogP contribution in [0.5, 0.6) is 0 Å². The zero-order valence-electron chi connectivity index (χ0n) is 18.9. The van der Waals surface area contributed by atoms with Crippen LogP contribution in [0.15, 0.2) is 69.3 Å². The Bertz CT molecular complexity index is 1200. The number of aromatic nitrogens is 2. The molecule has 1 aliphatic heterocycles. The molecule has 174 valence electrons. The highest BCUT2D eigenvalue weighted by atomic mass is 32.2. The van der Waals surface area contributed by atoms with Crippen LogP contribution in [0.25, 0.3) is 0 Å². The standard InChI is InChI=1S/C24H27N3O4S2/c1-17-15-18(2)26-23(25-17)27-33(28,29)22-9-7-20(8-10-22)32-21-6-4-5-19(16-21)24(30-3)11-13-31-14-12-24/h4-10,15-16H,11-14H2,1-3H3,(H,25,26,27). The number of nitrogens with one attached hydrogen (secondary N) is 1. The van der Waals surface area contributed by atoms with Crippen molar-refractivity contribution in [3.8, 4) is 0 Å². The van der Waals surface area contributed by atoms with Crippen LogP contribution in [0.4, 0.5) is 5.95 Å². The molecule has 0 saturated carbocycles. The van der Waals surface area contributed by atoms with E-state index >= 15 is 0 Å². The summed E-state index contributed by atoms with van der Waals surface area (Å²) in [5.41, 5.74) is 2.21. The van der Waals surface area contributed by atoms with Crippen LogP contribution in [0.3, 0.4) is 0 Å². The van der Waals surface area contributed by atoms with Gasteiger partial charge in [0.25, 0.3) is 10.0 Å². The van der Waals surface area contributed by atoms with Crippen LogP contribution in [-0.4, -0.2) is 38.7 Å². The Labute approximate surface area is 199 Å². The number of anilines is 1. The van der Waals surface area contributed by atoms with E-state index in [9.17, 15) is 8.42 Å². The summed E-state index contributed by atoms with van der Waals surface area (Å²) in [5.74, 6) is 0.0722. The van der Waals surface area contributed by atoms with Gasteiger partial charge in [0.05, 0.1) is 10.5 Å². The molecule has 33 heavy (non-hydrogen) atoms. The van der Waals surface area contributed by atoms with E-state index in [-0.39, 0.29) is 16.4 Å². The topological polar surface area (TPSA) is 90.4 Å². The van der Waals surface area contributed by atoms with Crippen molar-refractivity contribution in [1.82, 2.24) is 9.97 Å². The Balaban J connectivity index is 1.50. The van der Waals surface area contributed by atoms with E-state index in [0.717, 1.165) is 28.2 Å². The zero-order chi connectivity index (χ0) is 23.5. The minimum Gasteiger partial charge on any atom is -0.381 e. The van der Waals surface area contributed by atoms with Gasteiger partial charge in [0.2, 0.25) is 5.95 Å². The lowest BCUT2D eigenvalue weighted by molar-refractivity contribution is -0.0948. The van der Waals surface area contributed by atoms with Crippen LogP contribution in [0, 0.1) is 13.8 Å². The molecule has 4 rings (SSSR count). The van der Waals surface area contributed by atoms with E-state index < -0.39 is 10.0 Å². The fraction of sp³-hybridized carbons (Fsp3) is 0.333. The first-order valence-electron chi connectivity index (χ1n) is 10.7. The summed E-state index contributed by atoms with van der Waals surface area (Å²) < 4.78 is 39.4. The Hall–Kier alpha value is -2.46. The highest BCUT2D eigenvalue weighted by molar-refractivity contribution is 7.99. The molecule has 0 bridgehead atoms. The first kappa shape index (κ1) is 23.7. The molecule has 2 heterocycles. The van der Waals surface area contributed by atoms with E-state index in [1.165, 1.54) is 0 Å². The number of nitrogens with zero attached hydrogens (tertiary/aromatic N) is 2. The summed E-state index contributed by atoms with van der Waals surface area (Å²) in [6.07, 6.45) is 1.64. The van der Waals surface area contributed by atoms with Crippen LogP contribution >= 0.6 is 11.8 Å². The van der Waals surface area contributed by atoms with E-state index in [1.54, 1.807) is 63.1 Å². The number of ether oxygens (including phenoxy) is 2. The van der Waals surface area contributed by atoms with Gasteiger partial charge in [-0.1, -0.05) is 23.9 Å². The average Bonchev–Trinajstić information content (AvgIpc) is 2.79. The predicted molar refractivity (Wildman–Crippen MR) is 128 cm³/mol. The van der Waals surface area contributed by atoms with Gasteiger partial charge in [-0.15, -0.1) is 0 Å². The van der Waals surface area contributed by atoms with Crippen LogP contribution in [-0.2, 0) is 25.1 Å². The van der Waals surface area contributed by atoms with E-state index in [1.807, 2.05) is 12.1 Å². The lowest BCUT2D eigenvalue weighted by Gasteiger charge is -2.36. The van der Waals surface area contributed by atoms with Crippen molar-refractivity contribution in [3.63, 3.8) is 0 Å². The summed E-state index contributed by atoms with van der Waals surface area (Å²) in [6, 6.07) is 16.9.